The summed E-state index contributed by atoms with van der Waals surface area (Å²) < 4.78 is 0. The van der Waals surface area contributed by atoms with E-state index in [2.05, 4.69) is 15.3 Å². The Morgan fingerprint density at radius 1 is 1.30 bits per heavy atom. The number of rotatable bonds is 4. The summed E-state index contributed by atoms with van der Waals surface area (Å²) in [7, 11) is 0. The third kappa shape index (κ3) is 3.15. The Bertz CT molecular complexity index is 463. The Hall–Kier alpha value is -1.49. The number of nitrogens with one attached hydrogen (secondary N) is 1. The fourth-order valence-electron chi connectivity index (χ4n) is 2.75. The first-order valence-electron chi connectivity index (χ1n) is 7.57. The van der Waals surface area contributed by atoms with Gasteiger partial charge >= 0.3 is 0 Å². The number of piperidine rings is 1. The molecule has 5 nitrogen and oxygen atoms in total. The lowest BCUT2D eigenvalue weighted by Crippen LogP contribution is -2.46. The van der Waals surface area contributed by atoms with Gasteiger partial charge in [0.25, 0.3) is 5.91 Å². The summed E-state index contributed by atoms with van der Waals surface area (Å²) in [6.45, 7) is 3.76. The lowest BCUT2D eigenvalue weighted by atomic mass is 10.0. The number of carbonyl (C=O) groups is 1. The molecule has 5 heteroatoms. The minimum atomic E-state index is 0.0346. The summed E-state index contributed by atoms with van der Waals surface area (Å²) in [5.41, 5.74) is 1.31. The zero-order chi connectivity index (χ0) is 13.9. The fraction of sp³-hybridized carbons (Fsp3) is 0.667. The first-order valence-corrected chi connectivity index (χ1v) is 7.57. The zero-order valence-electron chi connectivity index (χ0n) is 12.0. The van der Waals surface area contributed by atoms with Gasteiger partial charge in [-0.3, -0.25) is 9.78 Å². The van der Waals surface area contributed by atoms with Crippen LogP contribution in [-0.2, 0) is 0 Å². The Labute approximate surface area is 119 Å². The van der Waals surface area contributed by atoms with Gasteiger partial charge in [0.05, 0.1) is 11.9 Å². The van der Waals surface area contributed by atoms with Crippen LogP contribution in [0.2, 0.25) is 0 Å². The second kappa shape index (κ2) is 5.87. The van der Waals surface area contributed by atoms with Gasteiger partial charge in [0.15, 0.2) is 0 Å². The van der Waals surface area contributed by atoms with Gasteiger partial charge in [0.1, 0.15) is 5.69 Å². The molecule has 108 valence electrons. The summed E-state index contributed by atoms with van der Waals surface area (Å²) in [5, 5.41) is 3.52. The molecule has 1 N–H and O–H groups in total. The second-order valence-corrected chi connectivity index (χ2v) is 5.88. The molecule has 1 saturated carbocycles. The molecule has 1 aromatic rings. The molecule has 2 heterocycles. The average molecular weight is 274 g/mol. The van der Waals surface area contributed by atoms with Crippen LogP contribution in [0.3, 0.4) is 0 Å². The van der Waals surface area contributed by atoms with E-state index in [0.29, 0.717) is 17.8 Å². The molecule has 3 rings (SSSR count). The third-order valence-corrected chi connectivity index (χ3v) is 4.08. The van der Waals surface area contributed by atoms with Crippen molar-refractivity contribution in [3.05, 3.63) is 23.8 Å². The van der Waals surface area contributed by atoms with Gasteiger partial charge in [0.2, 0.25) is 0 Å². The number of amides is 1. The van der Waals surface area contributed by atoms with Crippen LogP contribution in [0.4, 0.5) is 0 Å². The van der Waals surface area contributed by atoms with Gasteiger partial charge in [-0.25, -0.2) is 4.98 Å². The van der Waals surface area contributed by atoms with Crippen LogP contribution in [0.1, 0.15) is 48.3 Å². The second-order valence-electron chi connectivity index (χ2n) is 5.88. The highest BCUT2D eigenvalue weighted by Gasteiger charge is 2.35. The molecule has 0 spiro atoms. The summed E-state index contributed by atoms with van der Waals surface area (Å²) in [6.07, 6.45) is 9.18. The highest BCUT2D eigenvalue weighted by Crippen LogP contribution is 2.28. The molecule has 0 aromatic carbocycles. The van der Waals surface area contributed by atoms with E-state index in [9.17, 15) is 4.79 Å². The number of aromatic nitrogens is 2. The first-order chi connectivity index (χ1) is 9.74. The van der Waals surface area contributed by atoms with Crippen molar-refractivity contribution in [1.29, 1.82) is 0 Å². The highest BCUT2D eigenvalue weighted by atomic mass is 16.2. The first kappa shape index (κ1) is 13.5. The molecule has 1 aliphatic carbocycles. The van der Waals surface area contributed by atoms with Crippen LogP contribution in [0, 0.1) is 6.92 Å². The average Bonchev–Trinajstić information content (AvgIpc) is 3.30. The van der Waals surface area contributed by atoms with E-state index in [1.54, 1.807) is 12.4 Å². The third-order valence-electron chi connectivity index (χ3n) is 4.08. The lowest BCUT2D eigenvalue weighted by Gasteiger charge is -2.30. The van der Waals surface area contributed by atoms with Crippen LogP contribution in [0.15, 0.2) is 12.4 Å². The quantitative estimate of drug-likeness (QED) is 0.904. The van der Waals surface area contributed by atoms with Gasteiger partial charge in [0, 0.05) is 24.8 Å². The number of hydrogen-bond acceptors (Lipinski definition) is 4. The van der Waals surface area contributed by atoms with Crippen molar-refractivity contribution in [2.45, 2.75) is 51.1 Å². The standard InChI is InChI=1S/C15H22N4O/c1-11-8-18-14(9-17-11)15(20)19(13-5-6-13)10-12-4-2-3-7-16-12/h8-9,12-13,16H,2-7,10H2,1H3. The van der Waals surface area contributed by atoms with Gasteiger partial charge < -0.3 is 10.2 Å². The number of aryl methyl sites for hydroxylation is 1. The lowest BCUT2D eigenvalue weighted by molar-refractivity contribution is 0.0711. The van der Waals surface area contributed by atoms with Crippen LogP contribution in [0.25, 0.3) is 0 Å². The van der Waals surface area contributed by atoms with Crippen molar-refractivity contribution in [3.8, 4) is 0 Å². The summed E-state index contributed by atoms with van der Waals surface area (Å²) in [4.78, 5) is 23.0. The summed E-state index contributed by atoms with van der Waals surface area (Å²) in [6, 6.07) is 0.848. The van der Waals surface area contributed by atoms with Crippen LogP contribution in [-0.4, -0.2) is 45.9 Å². The normalized spacial score (nSPS) is 22.6. The number of carbonyl (C=O) groups excluding carboxylic acids is 1. The van der Waals surface area contributed by atoms with Gasteiger partial charge in [-0.15, -0.1) is 0 Å². The molecular formula is C15H22N4O. The molecule has 1 saturated heterocycles. The minimum absolute atomic E-state index is 0.0346. The molecule has 1 aliphatic heterocycles. The van der Waals surface area contributed by atoms with Crippen molar-refractivity contribution < 1.29 is 4.79 Å². The maximum atomic E-state index is 12.6. The molecule has 0 bridgehead atoms. The predicted octanol–water partition coefficient (Wildman–Crippen LogP) is 1.53. The van der Waals surface area contributed by atoms with E-state index in [4.69, 9.17) is 0 Å². The molecule has 2 aliphatic rings. The van der Waals surface area contributed by atoms with Gasteiger partial charge in [-0.2, -0.15) is 0 Å². The SMILES string of the molecule is Cc1cnc(C(=O)N(CC2CCCCN2)C2CC2)cn1. The molecule has 2 fully saturated rings. The Morgan fingerprint density at radius 2 is 2.15 bits per heavy atom. The topological polar surface area (TPSA) is 58.1 Å². The Balaban J connectivity index is 1.69. The van der Waals surface area contributed by atoms with Crippen LogP contribution < -0.4 is 5.32 Å². The maximum Gasteiger partial charge on any atom is 0.274 e. The fourth-order valence-corrected chi connectivity index (χ4v) is 2.75. The Kier molecular flexibility index (Phi) is 3.96. The van der Waals surface area contributed by atoms with E-state index in [-0.39, 0.29) is 5.91 Å². The van der Waals surface area contributed by atoms with Gasteiger partial charge in [-0.05, 0) is 39.2 Å². The van der Waals surface area contributed by atoms with Crippen molar-refractivity contribution >= 4 is 5.91 Å². The molecule has 1 amide bonds. The van der Waals surface area contributed by atoms with E-state index < -0.39 is 0 Å². The summed E-state index contributed by atoms with van der Waals surface area (Å²) >= 11 is 0. The highest BCUT2D eigenvalue weighted by molar-refractivity contribution is 5.92. The maximum absolute atomic E-state index is 12.6. The van der Waals surface area contributed by atoms with Crippen molar-refractivity contribution in [2.24, 2.45) is 0 Å². The zero-order valence-corrected chi connectivity index (χ0v) is 12.0. The largest absolute Gasteiger partial charge is 0.333 e. The molecule has 20 heavy (non-hydrogen) atoms. The van der Waals surface area contributed by atoms with Crippen molar-refractivity contribution in [3.63, 3.8) is 0 Å². The monoisotopic (exact) mass is 274 g/mol. The van der Waals surface area contributed by atoms with Crippen LogP contribution >= 0.6 is 0 Å². The Morgan fingerprint density at radius 3 is 2.75 bits per heavy atom. The van der Waals surface area contributed by atoms with E-state index in [1.807, 2.05) is 11.8 Å². The number of hydrogen-bond donors (Lipinski definition) is 1. The molecule has 1 atom stereocenters. The van der Waals surface area contributed by atoms with Gasteiger partial charge in [-0.1, -0.05) is 6.42 Å². The van der Waals surface area contributed by atoms with Crippen LogP contribution in [0.5, 0.6) is 0 Å². The van der Waals surface area contributed by atoms with E-state index in [1.165, 1.54) is 12.8 Å². The molecular weight excluding hydrogens is 252 g/mol. The smallest absolute Gasteiger partial charge is 0.274 e. The molecule has 1 unspecified atom stereocenters. The van der Waals surface area contributed by atoms with E-state index >= 15 is 0 Å². The predicted molar refractivity (Wildman–Crippen MR) is 76.5 cm³/mol. The van der Waals surface area contributed by atoms with E-state index in [0.717, 1.165) is 38.0 Å². The molecule has 1 aromatic heterocycles. The minimum Gasteiger partial charge on any atom is -0.333 e. The summed E-state index contributed by atoms with van der Waals surface area (Å²) in [5.74, 6) is 0.0346. The number of nitrogens with zero attached hydrogens (tertiary/aromatic N) is 3. The molecule has 0 radical (unpaired) electrons. The van der Waals surface area contributed by atoms with Crippen molar-refractivity contribution in [2.75, 3.05) is 13.1 Å². The van der Waals surface area contributed by atoms with Crippen molar-refractivity contribution in [1.82, 2.24) is 20.2 Å².